The van der Waals surface area contributed by atoms with Crippen molar-refractivity contribution in [3.63, 3.8) is 0 Å². The number of hydrogen-bond acceptors (Lipinski definition) is 5. The van der Waals surface area contributed by atoms with Gasteiger partial charge >= 0.3 is 0 Å². The van der Waals surface area contributed by atoms with Gasteiger partial charge in [0, 0.05) is 36.7 Å². The number of pyridine rings is 1. The summed E-state index contributed by atoms with van der Waals surface area (Å²) in [6.07, 6.45) is 10.2. The van der Waals surface area contributed by atoms with Gasteiger partial charge in [0.1, 0.15) is 11.6 Å². The van der Waals surface area contributed by atoms with Crippen molar-refractivity contribution in [3.05, 3.63) is 69.6 Å². The molecule has 3 atom stereocenters. The van der Waals surface area contributed by atoms with Crippen LogP contribution in [-0.4, -0.2) is 38.4 Å². The number of aromatic nitrogens is 3. The first kappa shape index (κ1) is 21.7. The number of alkyl halides is 2. The highest BCUT2D eigenvalue weighted by atomic mass is 35.5. The molecule has 168 valence electrons. The lowest BCUT2D eigenvalue weighted by Gasteiger charge is -2.42. The summed E-state index contributed by atoms with van der Waals surface area (Å²) in [6, 6.07) is 4.08. The molecule has 0 saturated carbocycles. The molecular weight excluding hydrogens is 445 g/mol. The second kappa shape index (κ2) is 8.01. The third-order valence-corrected chi connectivity index (χ3v) is 8.35. The lowest BCUT2D eigenvalue weighted by Crippen LogP contribution is -2.45. The van der Waals surface area contributed by atoms with Gasteiger partial charge < -0.3 is 10.6 Å². The number of anilines is 1. The zero-order valence-electron chi connectivity index (χ0n) is 18.3. The molecule has 1 fully saturated rings. The number of fused-ring (bicyclic) bond motifs is 1. The Balaban J connectivity index is 1.41. The normalized spacial score (nSPS) is 26.3. The average molecular weight is 472 g/mol. The monoisotopic (exact) mass is 471 g/mol. The van der Waals surface area contributed by atoms with E-state index in [1.807, 2.05) is 44.3 Å². The molecule has 5 rings (SSSR count). The van der Waals surface area contributed by atoms with Crippen LogP contribution in [0.15, 0.2) is 41.4 Å². The first-order valence-corrected chi connectivity index (χ1v) is 11.9. The van der Waals surface area contributed by atoms with E-state index in [1.54, 1.807) is 4.57 Å². The Labute approximate surface area is 197 Å². The maximum Gasteiger partial charge on any atom is 0.262 e. The van der Waals surface area contributed by atoms with Crippen LogP contribution in [0, 0.1) is 19.3 Å². The first-order chi connectivity index (χ1) is 15.3. The van der Waals surface area contributed by atoms with Crippen molar-refractivity contribution in [2.45, 2.75) is 49.9 Å². The molecule has 8 heteroatoms. The molecule has 32 heavy (non-hydrogen) atoms. The summed E-state index contributed by atoms with van der Waals surface area (Å²) in [5, 5.41) is -0.852. The molecule has 1 saturated heterocycles. The Bertz CT molecular complexity index is 1180. The number of piperidine rings is 1. The molecule has 1 spiro atoms. The fourth-order valence-electron chi connectivity index (χ4n) is 5.43. The van der Waals surface area contributed by atoms with Crippen LogP contribution in [-0.2, 0) is 6.42 Å². The molecular formula is C24H27Cl2N5O. The molecule has 6 nitrogen and oxygen atoms in total. The standard InChI is InChI=1S/C24H27Cl2N5O/c1-14-22(29-15(2)31(23(14)32)19-7-3-6-17(25)20(19)26)30-11-8-24(9-12-30)13-18-16(21(24)27)5-4-10-28-18/h3-7,10,17,20-21H,8-9,11-13,27H2,1-2H3/t17?,20?,21-/m1/s1. The van der Waals surface area contributed by atoms with E-state index in [0.717, 1.165) is 43.9 Å². The summed E-state index contributed by atoms with van der Waals surface area (Å²) >= 11 is 12.8. The number of nitrogens with two attached hydrogens (primary N) is 1. The molecule has 0 aromatic carbocycles. The lowest BCUT2D eigenvalue weighted by atomic mass is 9.73. The smallest absolute Gasteiger partial charge is 0.262 e. The fourth-order valence-corrected chi connectivity index (χ4v) is 5.89. The van der Waals surface area contributed by atoms with Gasteiger partial charge in [-0.25, -0.2) is 4.98 Å². The van der Waals surface area contributed by atoms with Crippen LogP contribution >= 0.6 is 23.2 Å². The van der Waals surface area contributed by atoms with E-state index < -0.39 is 5.38 Å². The first-order valence-electron chi connectivity index (χ1n) is 11.0. The Hall–Kier alpha value is -2.15. The van der Waals surface area contributed by atoms with Gasteiger partial charge in [-0.15, -0.1) is 23.2 Å². The largest absolute Gasteiger partial charge is 0.356 e. The average Bonchev–Trinajstić information content (AvgIpc) is 3.06. The number of hydrogen-bond donors (Lipinski definition) is 1. The maximum atomic E-state index is 13.4. The minimum absolute atomic E-state index is 0.00703. The predicted octanol–water partition coefficient (Wildman–Crippen LogP) is 3.72. The Morgan fingerprint density at radius 3 is 2.69 bits per heavy atom. The topological polar surface area (TPSA) is 77.0 Å². The minimum atomic E-state index is -0.487. The van der Waals surface area contributed by atoms with Crippen molar-refractivity contribution in [1.82, 2.24) is 14.5 Å². The molecule has 1 aliphatic heterocycles. The molecule has 0 amide bonds. The number of nitrogens with zero attached hydrogens (tertiary/aromatic N) is 4. The van der Waals surface area contributed by atoms with Gasteiger partial charge in [0.15, 0.2) is 0 Å². The van der Waals surface area contributed by atoms with Gasteiger partial charge in [-0.05, 0) is 56.2 Å². The minimum Gasteiger partial charge on any atom is -0.356 e. The summed E-state index contributed by atoms with van der Waals surface area (Å²) in [4.78, 5) is 25.0. The van der Waals surface area contributed by atoms with E-state index in [0.29, 0.717) is 17.1 Å². The molecule has 2 unspecified atom stereocenters. The van der Waals surface area contributed by atoms with Crippen molar-refractivity contribution in [1.29, 1.82) is 0 Å². The summed E-state index contributed by atoms with van der Waals surface area (Å²) < 4.78 is 1.59. The SMILES string of the molecule is Cc1c(N2CCC3(CC2)Cc2ncccc2[C@H]3N)nc(C)n(C2=CC=CC(Cl)C2Cl)c1=O. The third-order valence-electron chi connectivity index (χ3n) is 7.33. The number of allylic oxidation sites excluding steroid dienone is 4. The molecule has 2 aromatic heterocycles. The third kappa shape index (κ3) is 3.31. The quantitative estimate of drug-likeness (QED) is 0.675. The van der Waals surface area contributed by atoms with Gasteiger partial charge in [-0.2, -0.15) is 0 Å². The van der Waals surface area contributed by atoms with E-state index in [2.05, 4.69) is 16.0 Å². The highest BCUT2D eigenvalue weighted by molar-refractivity contribution is 6.34. The van der Waals surface area contributed by atoms with Crippen LogP contribution in [0.25, 0.3) is 5.70 Å². The van der Waals surface area contributed by atoms with Crippen LogP contribution in [0.5, 0.6) is 0 Å². The van der Waals surface area contributed by atoms with Crippen molar-refractivity contribution in [2.75, 3.05) is 18.0 Å². The number of halogens is 2. The van der Waals surface area contributed by atoms with Crippen molar-refractivity contribution in [3.8, 4) is 0 Å². The molecule has 2 N–H and O–H groups in total. The second-order valence-corrected chi connectivity index (χ2v) is 10.1. The van der Waals surface area contributed by atoms with Gasteiger partial charge in [0.25, 0.3) is 5.56 Å². The Morgan fingerprint density at radius 2 is 1.97 bits per heavy atom. The lowest BCUT2D eigenvalue weighted by molar-refractivity contribution is 0.186. The Kier molecular flexibility index (Phi) is 5.43. The molecule has 3 heterocycles. The van der Waals surface area contributed by atoms with E-state index in [4.69, 9.17) is 33.9 Å². The molecule has 3 aliphatic rings. The van der Waals surface area contributed by atoms with E-state index in [9.17, 15) is 4.79 Å². The number of aryl methyl sites for hydroxylation is 1. The summed E-state index contributed by atoms with van der Waals surface area (Å²) in [7, 11) is 0. The summed E-state index contributed by atoms with van der Waals surface area (Å²) in [6.45, 7) is 5.31. The van der Waals surface area contributed by atoms with Gasteiger partial charge in [0.2, 0.25) is 0 Å². The molecule has 2 aliphatic carbocycles. The van der Waals surface area contributed by atoms with Gasteiger partial charge in [-0.1, -0.05) is 18.2 Å². The second-order valence-electron chi connectivity index (χ2n) is 9.11. The van der Waals surface area contributed by atoms with E-state index in [1.165, 1.54) is 5.56 Å². The molecule has 0 bridgehead atoms. The van der Waals surface area contributed by atoms with Gasteiger partial charge in [0.05, 0.1) is 16.3 Å². The fraction of sp³-hybridized carbons (Fsp3) is 0.458. The zero-order chi connectivity index (χ0) is 22.6. The van der Waals surface area contributed by atoms with Crippen LogP contribution in [0.3, 0.4) is 0 Å². The maximum absolute atomic E-state index is 13.4. The van der Waals surface area contributed by atoms with Crippen LogP contribution in [0.2, 0.25) is 0 Å². The number of rotatable bonds is 2. The summed E-state index contributed by atoms with van der Waals surface area (Å²) in [5.74, 6) is 1.36. The van der Waals surface area contributed by atoms with Crippen LogP contribution in [0.1, 0.15) is 41.5 Å². The summed E-state index contributed by atoms with van der Waals surface area (Å²) in [5.41, 5.74) is 10.2. The van der Waals surface area contributed by atoms with Crippen LogP contribution in [0.4, 0.5) is 5.82 Å². The molecule has 0 radical (unpaired) electrons. The zero-order valence-corrected chi connectivity index (χ0v) is 19.8. The highest BCUT2D eigenvalue weighted by Crippen LogP contribution is 2.50. The van der Waals surface area contributed by atoms with Crippen molar-refractivity contribution >= 4 is 34.7 Å². The molecule has 2 aromatic rings. The van der Waals surface area contributed by atoms with Crippen molar-refractivity contribution < 1.29 is 0 Å². The van der Waals surface area contributed by atoms with Crippen molar-refractivity contribution in [2.24, 2.45) is 11.1 Å². The van der Waals surface area contributed by atoms with Crippen LogP contribution < -0.4 is 16.2 Å². The van der Waals surface area contributed by atoms with E-state index >= 15 is 0 Å². The van der Waals surface area contributed by atoms with E-state index in [-0.39, 0.29) is 22.4 Å². The predicted molar refractivity (Wildman–Crippen MR) is 129 cm³/mol. The highest BCUT2D eigenvalue weighted by Gasteiger charge is 2.46. The Morgan fingerprint density at radius 1 is 1.22 bits per heavy atom. The van der Waals surface area contributed by atoms with Gasteiger partial charge in [-0.3, -0.25) is 14.3 Å².